The highest BCUT2D eigenvalue weighted by Gasteiger charge is 2.46. The molecule has 2 unspecified atom stereocenters. The van der Waals surface area contributed by atoms with Crippen molar-refractivity contribution in [1.82, 2.24) is 19.8 Å². The van der Waals surface area contributed by atoms with Gasteiger partial charge in [-0.05, 0) is 95.1 Å². The van der Waals surface area contributed by atoms with Crippen molar-refractivity contribution in [3.63, 3.8) is 0 Å². The fraction of sp³-hybridized carbons (Fsp3) is 0.472. The number of nitrogens with zero attached hydrogens (tertiary/aromatic N) is 5. The maximum absolute atomic E-state index is 16.8. The minimum absolute atomic E-state index is 0.0207. The number of fused-ring (bicyclic) bond motifs is 4. The van der Waals surface area contributed by atoms with E-state index < -0.39 is 17.2 Å². The van der Waals surface area contributed by atoms with Crippen molar-refractivity contribution >= 4 is 33.6 Å². The van der Waals surface area contributed by atoms with Gasteiger partial charge in [0.05, 0.1) is 24.3 Å². The standard InChI is InChI=1S/C36H41F2N5O4/c1-35(2,3)47-34(45)43-22-10-11-23(43)18-42(17-22)32-27-16-28(37)29(26-15-24(44)14-21-8-6-7-9-25(21)26)30(38)31(27)39-33(40-32)46-20-36(12-13-36)19-41(4)5/h6-9,14-16,22-23,44H,10-13,17-20H2,1-5H3. The van der Waals surface area contributed by atoms with Crippen LogP contribution in [0.4, 0.5) is 19.4 Å². The SMILES string of the molecule is CN(C)CC1(COc2nc(N3CC4CCC(C3)N4C(=O)OC(C)(C)C)c3cc(F)c(-c4cc(O)cc5ccccc45)c(F)c3n2)CC1. The number of benzene rings is 3. The Hall–Kier alpha value is -4.25. The third-order valence-corrected chi connectivity index (χ3v) is 9.46. The van der Waals surface area contributed by atoms with Gasteiger partial charge in [0.25, 0.3) is 0 Å². The highest BCUT2D eigenvalue weighted by molar-refractivity contribution is 6.01. The molecule has 9 nitrogen and oxygen atoms in total. The van der Waals surface area contributed by atoms with E-state index in [1.165, 1.54) is 12.1 Å². The van der Waals surface area contributed by atoms with Crippen LogP contribution in [0.15, 0.2) is 42.5 Å². The number of carbonyl (C=O) groups excluding carboxylic acids is 1. The van der Waals surface area contributed by atoms with Gasteiger partial charge in [0, 0.05) is 30.4 Å². The molecule has 1 aliphatic carbocycles. The summed E-state index contributed by atoms with van der Waals surface area (Å²) in [6.07, 6.45) is 3.25. The van der Waals surface area contributed by atoms with E-state index in [0.29, 0.717) is 36.3 Å². The number of carbonyl (C=O) groups is 1. The summed E-state index contributed by atoms with van der Waals surface area (Å²) in [5.74, 6) is -1.37. The van der Waals surface area contributed by atoms with Crippen LogP contribution in [0.25, 0.3) is 32.8 Å². The molecule has 3 fully saturated rings. The molecule has 3 heterocycles. The van der Waals surface area contributed by atoms with Crippen molar-refractivity contribution in [1.29, 1.82) is 0 Å². The van der Waals surface area contributed by atoms with E-state index in [-0.39, 0.29) is 57.4 Å². The first-order valence-electron chi connectivity index (χ1n) is 16.3. The second-order valence-electron chi connectivity index (χ2n) is 14.7. The minimum atomic E-state index is -0.853. The summed E-state index contributed by atoms with van der Waals surface area (Å²) in [6, 6.07) is 11.1. The highest BCUT2D eigenvalue weighted by Crippen LogP contribution is 2.47. The summed E-state index contributed by atoms with van der Waals surface area (Å²) in [4.78, 5) is 28.4. The Morgan fingerprint density at radius 1 is 1.04 bits per heavy atom. The molecule has 2 bridgehead atoms. The zero-order chi connectivity index (χ0) is 33.2. The van der Waals surface area contributed by atoms with Gasteiger partial charge >= 0.3 is 12.1 Å². The van der Waals surface area contributed by atoms with Crippen LogP contribution in [-0.2, 0) is 4.74 Å². The van der Waals surface area contributed by atoms with Gasteiger partial charge in [0.2, 0.25) is 0 Å². The number of phenols is 1. The Morgan fingerprint density at radius 2 is 1.74 bits per heavy atom. The Morgan fingerprint density at radius 3 is 2.40 bits per heavy atom. The van der Waals surface area contributed by atoms with E-state index in [1.807, 2.05) is 44.7 Å². The van der Waals surface area contributed by atoms with Crippen LogP contribution in [0.2, 0.25) is 0 Å². The molecule has 248 valence electrons. The number of piperazine rings is 1. The highest BCUT2D eigenvalue weighted by atomic mass is 19.1. The molecular formula is C36H41F2N5O4. The van der Waals surface area contributed by atoms with Gasteiger partial charge < -0.3 is 24.4 Å². The first-order valence-corrected chi connectivity index (χ1v) is 16.3. The van der Waals surface area contributed by atoms with Gasteiger partial charge in [-0.1, -0.05) is 24.3 Å². The third kappa shape index (κ3) is 6.01. The predicted molar refractivity (Wildman–Crippen MR) is 177 cm³/mol. The van der Waals surface area contributed by atoms with Gasteiger partial charge in [-0.15, -0.1) is 0 Å². The van der Waals surface area contributed by atoms with E-state index in [9.17, 15) is 9.90 Å². The van der Waals surface area contributed by atoms with Gasteiger partial charge in [0.15, 0.2) is 5.82 Å². The van der Waals surface area contributed by atoms with Crippen LogP contribution in [0, 0.1) is 17.0 Å². The van der Waals surface area contributed by atoms with Crippen LogP contribution in [0.5, 0.6) is 11.8 Å². The summed E-state index contributed by atoms with van der Waals surface area (Å²) in [6.45, 7) is 7.61. The molecule has 2 atom stereocenters. The summed E-state index contributed by atoms with van der Waals surface area (Å²) in [7, 11) is 4.04. The zero-order valence-electron chi connectivity index (χ0n) is 27.5. The lowest BCUT2D eigenvalue weighted by atomic mass is 9.95. The maximum Gasteiger partial charge on any atom is 0.410 e. The molecule has 3 aliphatic rings. The van der Waals surface area contributed by atoms with E-state index in [0.717, 1.165) is 32.2 Å². The molecule has 3 aromatic carbocycles. The number of ether oxygens (including phenoxy) is 2. The lowest BCUT2D eigenvalue weighted by Gasteiger charge is -2.42. The number of phenolic OH excluding ortho intramolecular Hbond substituents is 1. The van der Waals surface area contributed by atoms with E-state index >= 15 is 8.78 Å². The third-order valence-electron chi connectivity index (χ3n) is 9.46. The van der Waals surface area contributed by atoms with Crippen LogP contribution in [0.3, 0.4) is 0 Å². The summed E-state index contributed by atoms with van der Waals surface area (Å²) in [5, 5.41) is 12.0. The maximum atomic E-state index is 16.8. The summed E-state index contributed by atoms with van der Waals surface area (Å²) in [5.41, 5.74) is -0.754. The van der Waals surface area contributed by atoms with Crippen molar-refractivity contribution < 1.29 is 28.2 Å². The normalized spacial score (nSPS) is 20.3. The van der Waals surface area contributed by atoms with Gasteiger partial charge in [-0.2, -0.15) is 9.97 Å². The van der Waals surface area contributed by atoms with E-state index in [4.69, 9.17) is 14.5 Å². The molecule has 1 N–H and O–H groups in total. The van der Waals surface area contributed by atoms with Crippen LogP contribution < -0.4 is 9.64 Å². The Bertz CT molecular complexity index is 1860. The van der Waals surface area contributed by atoms with Crippen molar-refractivity contribution in [2.24, 2.45) is 5.41 Å². The zero-order valence-corrected chi connectivity index (χ0v) is 27.5. The van der Waals surface area contributed by atoms with Crippen LogP contribution in [0.1, 0.15) is 46.5 Å². The van der Waals surface area contributed by atoms with Gasteiger partial charge in [-0.3, -0.25) is 4.90 Å². The van der Waals surface area contributed by atoms with Crippen molar-refractivity contribution in [3.8, 4) is 22.9 Å². The Kier molecular flexibility index (Phi) is 7.65. The molecule has 11 heteroatoms. The van der Waals surface area contributed by atoms with Gasteiger partial charge in [0.1, 0.15) is 28.5 Å². The lowest BCUT2D eigenvalue weighted by Crippen LogP contribution is -2.57. The van der Waals surface area contributed by atoms with Crippen LogP contribution in [-0.4, -0.2) is 89.0 Å². The second kappa shape index (κ2) is 11.5. The molecule has 1 aromatic heterocycles. The quantitative estimate of drug-likeness (QED) is 0.236. The molecule has 2 saturated heterocycles. The first-order chi connectivity index (χ1) is 22.3. The molecule has 1 amide bonds. The monoisotopic (exact) mass is 645 g/mol. The number of halogens is 2. The number of aromatic nitrogens is 2. The molecular weight excluding hydrogens is 604 g/mol. The molecule has 0 spiro atoms. The number of aromatic hydroxyl groups is 1. The number of rotatable bonds is 7. The fourth-order valence-corrected chi connectivity index (χ4v) is 7.32. The minimum Gasteiger partial charge on any atom is -0.508 e. The topological polar surface area (TPSA) is 91.3 Å². The Balaban J connectivity index is 1.32. The van der Waals surface area contributed by atoms with Crippen molar-refractivity contribution in [2.75, 3.05) is 45.2 Å². The summed E-state index contributed by atoms with van der Waals surface area (Å²) >= 11 is 0. The molecule has 0 radical (unpaired) electrons. The largest absolute Gasteiger partial charge is 0.508 e. The fourth-order valence-electron chi connectivity index (χ4n) is 7.32. The first kappa shape index (κ1) is 31.4. The number of anilines is 1. The van der Waals surface area contributed by atoms with Gasteiger partial charge in [-0.25, -0.2) is 13.6 Å². The van der Waals surface area contributed by atoms with Crippen LogP contribution >= 0.6 is 0 Å². The average Bonchev–Trinajstić information content (AvgIpc) is 3.69. The smallest absolute Gasteiger partial charge is 0.410 e. The van der Waals surface area contributed by atoms with Crippen molar-refractivity contribution in [2.45, 2.75) is 64.1 Å². The lowest BCUT2D eigenvalue weighted by molar-refractivity contribution is 0.0122. The number of hydrogen-bond donors (Lipinski definition) is 1. The molecule has 47 heavy (non-hydrogen) atoms. The Labute approximate surface area is 273 Å². The molecule has 7 rings (SSSR count). The van der Waals surface area contributed by atoms with E-state index in [1.54, 1.807) is 30.3 Å². The predicted octanol–water partition coefficient (Wildman–Crippen LogP) is 6.74. The second-order valence-corrected chi connectivity index (χ2v) is 14.7. The molecule has 4 aromatic rings. The van der Waals surface area contributed by atoms with E-state index in [2.05, 4.69) is 9.88 Å². The number of amides is 1. The number of hydrogen-bond acceptors (Lipinski definition) is 8. The molecule has 2 aliphatic heterocycles. The molecule has 1 saturated carbocycles. The summed E-state index contributed by atoms with van der Waals surface area (Å²) < 4.78 is 44.9. The van der Waals surface area contributed by atoms with Crippen molar-refractivity contribution in [3.05, 3.63) is 54.1 Å². The average molecular weight is 646 g/mol.